The monoisotopic (exact) mass is 265 g/mol. The number of nitrogens with zero attached hydrogens (tertiary/aromatic N) is 2. The van der Waals surface area contributed by atoms with E-state index in [1.807, 2.05) is 56.3 Å². The van der Waals surface area contributed by atoms with Gasteiger partial charge in [-0.3, -0.25) is 0 Å². The maximum absolute atomic E-state index is 5.91. The Kier molecular flexibility index (Phi) is 2.99. The molecule has 3 aromatic rings. The Balaban J connectivity index is 1.99. The number of nitrogen functional groups attached to an aromatic ring is 1. The molecule has 0 atom stereocenters. The standard InChI is InChI=1S/C16H15N3O/c1-10-4-3-5-12(8-10)15-18-19-16(20-15)13-7-6-11(2)14(17)9-13/h3-9H,17H2,1-2H3. The van der Waals surface area contributed by atoms with Crippen LogP contribution >= 0.6 is 0 Å². The molecule has 0 unspecified atom stereocenters. The van der Waals surface area contributed by atoms with Gasteiger partial charge >= 0.3 is 0 Å². The number of hydrogen-bond acceptors (Lipinski definition) is 4. The molecule has 4 nitrogen and oxygen atoms in total. The number of nitrogens with two attached hydrogens (primary N) is 1. The van der Waals surface area contributed by atoms with Crippen molar-refractivity contribution in [3.8, 4) is 22.9 Å². The molecule has 0 aliphatic rings. The van der Waals surface area contributed by atoms with Crippen LogP contribution in [0, 0.1) is 13.8 Å². The van der Waals surface area contributed by atoms with E-state index in [4.69, 9.17) is 10.2 Å². The fourth-order valence-corrected chi connectivity index (χ4v) is 2.01. The first-order valence-corrected chi connectivity index (χ1v) is 6.40. The minimum atomic E-state index is 0.480. The van der Waals surface area contributed by atoms with Crippen LogP contribution in [0.2, 0.25) is 0 Å². The second-order valence-electron chi connectivity index (χ2n) is 4.85. The van der Waals surface area contributed by atoms with Crippen LogP contribution in [0.3, 0.4) is 0 Å². The van der Waals surface area contributed by atoms with E-state index >= 15 is 0 Å². The highest BCUT2D eigenvalue weighted by atomic mass is 16.4. The molecule has 20 heavy (non-hydrogen) atoms. The summed E-state index contributed by atoms with van der Waals surface area (Å²) in [6, 6.07) is 13.7. The Morgan fingerprint density at radius 1 is 0.900 bits per heavy atom. The Hall–Kier alpha value is -2.62. The van der Waals surface area contributed by atoms with E-state index in [1.54, 1.807) is 0 Å². The molecule has 0 radical (unpaired) electrons. The summed E-state index contributed by atoms with van der Waals surface area (Å²) in [5.74, 6) is 0.996. The summed E-state index contributed by atoms with van der Waals surface area (Å²) in [6.07, 6.45) is 0. The van der Waals surface area contributed by atoms with Crippen LogP contribution in [0.1, 0.15) is 11.1 Å². The van der Waals surface area contributed by atoms with Crippen molar-refractivity contribution in [1.29, 1.82) is 0 Å². The van der Waals surface area contributed by atoms with Crippen molar-refractivity contribution >= 4 is 5.69 Å². The first-order chi connectivity index (χ1) is 9.63. The van der Waals surface area contributed by atoms with E-state index in [2.05, 4.69) is 10.2 Å². The van der Waals surface area contributed by atoms with E-state index in [-0.39, 0.29) is 0 Å². The van der Waals surface area contributed by atoms with Crippen LogP contribution in [-0.4, -0.2) is 10.2 Å². The molecule has 0 amide bonds. The van der Waals surface area contributed by atoms with Gasteiger partial charge in [0.2, 0.25) is 11.8 Å². The van der Waals surface area contributed by atoms with Crippen molar-refractivity contribution in [3.05, 3.63) is 53.6 Å². The SMILES string of the molecule is Cc1cccc(-c2nnc(-c3ccc(C)c(N)c3)o2)c1. The topological polar surface area (TPSA) is 64.9 Å². The number of rotatable bonds is 2. The molecule has 0 saturated heterocycles. The van der Waals surface area contributed by atoms with Crippen molar-refractivity contribution in [3.63, 3.8) is 0 Å². The van der Waals surface area contributed by atoms with Crippen molar-refractivity contribution in [2.45, 2.75) is 13.8 Å². The molecule has 0 aliphatic carbocycles. The first kappa shape index (κ1) is 12.4. The fraction of sp³-hybridized carbons (Fsp3) is 0.125. The molecule has 0 bridgehead atoms. The number of anilines is 1. The fourth-order valence-electron chi connectivity index (χ4n) is 2.01. The molecule has 3 rings (SSSR count). The lowest BCUT2D eigenvalue weighted by molar-refractivity contribution is 0.584. The average molecular weight is 265 g/mol. The summed E-state index contributed by atoms with van der Waals surface area (Å²) in [5.41, 5.74) is 10.6. The summed E-state index contributed by atoms with van der Waals surface area (Å²) in [6.45, 7) is 3.99. The predicted molar refractivity (Wildman–Crippen MR) is 79.1 cm³/mol. The van der Waals surface area contributed by atoms with Gasteiger partial charge in [-0.2, -0.15) is 0 Å². The van der Waals surface area contributed by atoms with Gasteiger partial charge in [0.05, 0.1) is 0 Å². The minimum Gasteiger partial charge on any atom is -0.416 e. The third-order valence-corrected chi connectivity index (χ3v) is 3.22. The Labute approximate surface area is 117 Å². The maximum atomic E-state index is 5.91. The molecule has 1 heterocycles. The molecular formula is C16H15N3O. The number of aryl methyl sites for hydroxylation is 2. The van der Waals surface area contributed by atoms with Gasteiger partial charge < -0.3 is 10.2 Å². The Morgan fingerprint density at radius 2 is 1.60 bits per heavy atom. The van der Waals surface area contributed by atoms with Gasteiger partial charge in [-0.1, -0.05) is 23.8 Å². The highest BCUT2D eigenvalue weighted by Gasteiger charge is 2.11. The van der Waals surface area contributed by atoms with Gasteiger partial charge in [-0.25, -0.2) is 0 Å². The molecule has 100 valence electrons. The summed E-state index contributed by atoms with van der Waals surface area (Å²) in [7, 11) is 0. The van der Waals surface area contributed by atoms with Crippen LogP contribution in [0.25, 0.3) is 22.9 Å². The summed E-state index contributed by atoms with van der Waals surface area (Å²) < 4.78 is 5.73. The molecule has 0 aliphatic heterocycles. The Morgan fingerprint density at radius 3 is 2.25 bits per heavy atom. The minimum absolute atomic E-state index is 0.480. The highest BCUT2D eigenvalue weighted by Crippen LogP contribution is 2.26. The van der Waals surface area contributed by atoms with Crippen molar-refractivity contribution in [2.24, 2.45) is 0 Å². The van der Waals surface area contributed by atoms with Crippen molar-refractivity contribution in [2.75, 3.05) is 5.73 Å². The van der Waals surface area contributed by atoms with Crippen molar-refractivity contribution in [1.82, 2.24) is 10.2 Å². The number of aromatic nitrogens is 2. The van der Waals surface area contributed by atoms with E-state index in [1.165, 1.54) is 0 Å². The average Bonchev–Trinajstić information content (AvgIpc) is 2.92. The lowest BCUT2D eigenvalue weighted by Crippen LogP contribution is -1.89. The van der Waals surface area contributed by atoms with E-state index in [0.717, 1.165) is 27.9 Å². The van der Waals surface area contributed by atoms with E-state index in [9.17, 15) is 0 Å². The molecule has 2 N–H and O–H groups in total. The zero-order valence-corrected chi connectivity index (χ0v) is 11.4. The molecule has 0 spiro atoms. The van der Waals surface area contributed by atoms with Crippen LogP contribution < -0.4 is 5.73 Å². The second-order valence-corrected chi connectivity index (χ2v) is 4.85. The zero-order valence-electron chi connectivity index (χ0n) is 11.4. The molecule has 2 aromatic carbocycles. The van der Waals surface area contributed by atoms with Gasteiger partial charge in [0.25, 0.3) is 0 Å². The predicted octanol–water partition coefficient (Wildman–Crippen LogP) is 3.60. The van der Waals surface area contributed by atoms with Crippen LogP contribution in [-0.2, 0) is 0 Å². The third-order valence-electron chi connectivity index (χ3n) is 3.22. The normalized spacial score (nSPS) is 10.7. The number of hydrogen-bond donors (Lipinski definition) is 1. The van der Waals surface area contributed by atoms with Gasteiger partial charge in [0.15, 0.2) is 0 Å². The molecular weight excluding hydrogens is 250 g/mol. The third kappa shape index (κ3) is 2.28. The first-order valence-electron chi connectivity index (χ1n) is 6.40. The van der Waals surface area contributed by atoms with Crippen molar-refractivity contribution < 1.29 is 4.42 Å². The quantitative estimate of drug-likeness (QED) is 0.719. The zero-order chi connectivity index (χ0) is 14.1. The van der Waals surface area contributed by atoms with E-state index < -0.39 is 0 Å². The van der Waals surface area contributed by atoms with Gasteiger partial charge in [-0.05, 0) is 43.7 Å². The highest BCUT2D eigenvalue weighted by molar-refractivity contribution is 5.64. The number of benzene rings is 2. The molecule has 0 saturated carbocycles. The molecule has 1 aromatic heterocycles. The second kappa shape index (κ2) is 4.81. The van der Waals surface area contributed by atoms with Crippen LogP contribution in [0.15, 0.2) is 46.9 Å². The van der Waals surface area contributed by atoms with Crippen LogP contribution in [0.4, 0.5) is 5.69 Å². The van der Waals surface area contributed by atoms with Gasteiger partial charge in [0.1, 0.15) is 0 Å². The summed E-state index contributed by atoms with van der Waals surface area (Å²) in [5, 5.41) is 8.19. The summed E-state index contributed by atoms with van der Waals surface area (Å²) in [4.78, 5) is 0. The Bertz CT molecular complexity index is 762. The van der Waals surface area contributed by atoms with Gasteiger partial charge in [-0.15, -0.1) is 10.2 Å². The lowest BCUT2D eigenvalue weighted by Gasteiger charge is -2.01. The lowest BCUT2D eigenvalue weighted by atomic mass is 10.1. The summed E-state index contributed by atoms with van der Waals surface area (Å²) >= 11 is 0. The molecule has 0 fully saturated rings. The largest absolute Gasteiger partial charge is 0.416 e. The van der Waals surface area contributed by atoms with Crippen LogP contribution in [0.5, 0.6) is 0 Å². The smallest absolute Gasteiger partial charge is 0.248 e. The maximum Gasteiger partial charge on any atom is 0.248 e. The molecule has 4 heteroatoms. The van der Waals surface area contributed by atoms with E-state index in [0.29, 0.717) is 11.8 Å². The van der Waals surface area contributed by atoms with Gasteiger partial charge in [0, 0.05) is 16.8 Å².